The van der Waals surface area contributed by atoms with Gasteiger partial charge >= 0.3 is 0 Å². The maximum atomic E-state index is 5.64. The third kappa shape index (κ3) is 4.14. The first-order valence-electron chi connectivity index (χ1n) is 5.38. The van der Waals surface area contributed by atoms with Crippen molar-refractivity contribution in [3.05, 3.63) is 24.0 Å². The summed E-state index contributed by atoms with van der Waals surface area (Å²) in [6.07, 6.45) is 4.54. The van der Waals surface area contributed by atoms with Gasteiger partial charge in [0.1, 0.15) is 4.99 Å². The highest BCUT2D eigenvalue weighted by molar-refractivity contribution is 7.80. The average molecular weight is 237 g/mol. The molecule has 3 nitrogen and oxygen atoms in total. The van der Waals surface area contributed by atoms with E-state index in [4.69, 9.17) is 18.0 Å². The molecule has 0 aliphatic rings. The van der Waals surface area contributed by atoms with Crippen molar-refractivity contribution in [2.75, 3.05) is 11.9 Å². The maximum absolute atomic E-state index is 5.64. The molecule has 1 rings (SSSR count). The largest absolute Gasteiger partial charge is 0.389 e. The van der Waals surface area contributed by atoms with Crippen LogP contribution in [0.15, 0.2) is 18.5 Å². The highest BCUT2D eigenvalue weighted by Gasteiger charge is 2.10. The fraction of sp³-hybridized carbons (Fsp3) is 0.500. The Morgan fingerprint density at radius 3 is 2.75 bits per heavy atom. The van der Waals surface area contributed by atoms with Crippen molar-refractivity contribution in [1.29, 1.82) is 0 Å². The summed E-state index contributed by atoms with van der Waals surface area (Å²) in [5.41, 5.74) is 7.73. The van der Waals surface area contributed by atoms with Gasteiger partial charge in [0.25, 0.3) is 0 Å². The molecule has 1 aromatic heterocycles. The third-order valence-electron chi connectivity index (χ3n) is 2.28. The maximum Gasteiger partial charge on any atom is 0.106 e. The summed E-state index contributed by atoms with van der Waals surface area (Å²) in [4.78, 5) is 4.47. The highest BCUT2D eigenvalue weighted by atomic mass is 32.1. The van der Waals surface area contributed by atoms with Crippen LogP contribution in [0, 0.1) is 5.41 Å². The van der Waals surface area contributed by atoms with Crippen LogP contribution in [0.4, 0.5) is 5.69 Å². The lowest BCUT2D eigenvalue weighted by molar-refractivity contribution is 0.390. The van der Waals surface area contributed by atoms with Gasteiger partial charge in [0.15, 0.2) is 0 Å². The van der Waals surface area contributed by atoms with Crippen LogP contribution in [0.2, 0.25) is 0 Å². The average Bonchev–Trinajstić information content (AvgIpc) is 2.16. The molecule has 1 aromatic rings. The van der Waals surface area contributed by atoms with Gasteiger partial charge in [-0.2, -0.15) is 0 Å². The predicted molar refractivity (Wildman–Crippen MR) is 72.7 cm³/mol. The number of aromatic nitrogens is 1. The molecule has 0 bridgehead atoms. The minimum Gasteiger partial charge on any atom is -0.389 e. The Bertz CT molecular complexity index is 369. The lowest BCUT2D eigenvalue weighted by Gasteiger charge is -2.19. The molecule has 0 fully saturated rings. The van der Waals surface area contributed by atoms with Crippen molar-refractivity contribution >= 4 is 22.9 Å². The SMILES string of the molecule is CC(C)(C)CCNc1cnccc1C(N)=S. The monoisotopic (exact) mass is 237 g/mol. The number of nitrogens with one attached hydrogen (secondary N) is 1. The van der Waals surface area contributed by atoms with Gasteiger partial charge in [0, 0.05) is 18.3 Å². The molecule has 0 aromatic carbocycles. The van der Waals surface area contributed by atoms with E-state index in [0.717, 1.165) is 24.2 Å². The molecule has 4 heteroatoms. The molecule has 0 saturated heterocycles. The van der Waals surface area contributed by atoms with Crippen molar-refractivity contribution in [2.45, 2.75) is 27.2 Å². The molecule has 0 aliphatic heterocycles. The van der Waals surface area contributed by atoms with Crippen LogP contribution in [0.3, 0.4) is 0 Å². The fourth-order valence-corrected chi connectivity index (χ4v) is 1.50. The minimum atomic E-state index is 0.318. The van der Waals surface area contributed by atoms with Crippen molar-refractivity contribution < 1.29 is 0 Å². The second kappa shape index (κ2) is 5.25. The summed E-state index contributed by atoms with van der Waals surface area (Å²) in [6, 6.07) is 1.84. The molecular weight excluding hydrogens is 218 g/mol. The summed E-state index contributed by atoms with van der Waals surface area (Å²) in [5, 5.41) is 3.32. The molecule has 0 atom stereocenters. The van der Waals surface area contributed by atoms with Gasteiger partial charge in [-0.25, -0.2) is 0 Å². The lowest BCUT2D eigenvalue weighted by Crippen LogP contribution is -2.17. The number of nitrogens with two attached hydrogens (primary N) is 1. The molecule has 0 spiro atoms. The van der Waals surface area contributed by atoms with E-state index in [0.29, 0.717) is 10.4 Å². The normalized spacial score (nSPS) is 11.2. The van der Waals surface area contributed by atoms with Gasteiger partial charge in [-0.05, 0) is 17.9 Å². The van der Waals surface area contributed by atoms with E-state index >= 15 is 0 Å². The second-order valence-electron chi connectivity index (χ2n) is 5.02. The molecule has 0 amide bonds. The molecule has 0 aliphatic carbocycles. The van der Waals surface area contributed by atoms with E-state index in [9.17, 15) is 0 Å². The van der Waals surface area contributed by atoms with Gasteiger partial charge in [0.2, 0.25) is 0 Å². The Morgan fingerprint density at radius 2 is 2.19 bits per heavy atom. The van der Waals surface area contributed by atoms with E-state index in [1.165, 1.54) is 0 Å². The zero-order valence-corrected chi connectivity index (χ0v) is 10.9. The summed E-state index contributed by atoms with van der Waals surface area (Å²) in [6.45, 7) is 7.54. The van der Waals surface area contributed by atoms with Crippen LogP contribution < -0.4 is 11.1 Å². The zero-order valence-electron chi connectivity index (χ0n) is 10.1. The molecule has 0 radical (unpaired) electrons. The number of rotatable bonds is 4. The Labute approximate surface area is 102 Å². The van der Waals surface area contributed by atoms with Crippen LogP contribution in [-0.4, -0.2) is 16.5 Å². The summed E-state index contributed by atoms with van der Waals surface area (Å²) >= 11 is 4.98. The number of anilines is 1. The van der Waals surface area contributed by atoms with Gasteiger partial charge in [0.05, 0.1) is 11.9 Å². The van der Waals surface area contributed by atoms with Crippen molar-refractivity contribution in [1.82, 2.24) is 4.98 Å². The first kappa shape index (κ1) is 12.9. The predicted octanol–water partition coefficient (Wildman–Crippen LogP) is 2.56. The second-order valence-corrected chi connectivity index (χ2v) is 5.46. The summed E-state index contributed by atoms with van der Waals surface area (Å²) < 4.78 is 0. The fourth-order valence-electron chi connectivity index (χ4n) is 1.32. The van der Waals surface area contributed by atoms with E-state index < -0.39 is 0 Å². The Morgan fingerprint density at radius 1 is 1.50 bits per heavy atom. The zero-order chi connectivity index (χ0) is 12.2. The van der Waals surface area contributed by atoms with E-state index in [1.54, 1.807) is 12.4 Å². The summed E-state index contributed by atoms with van der Waals surface area (Å²) in [7, 11) is 0. The van der Waals surface area contributed by atoms with Crippen molar-refractivity contribution in [3.8, 4) is 0 Å². The van der Waals surface area contributed by atoms with Crippen LogP contribution in [0.25, 0.3) is 0 Å². The number of thiocarbonyl (C=S) groups is 1. The Balaban J connectivity index is 2.64. The Kier molecular flexibility index (Phi) is 4.24. The number of hydrogen-bond acceptors (Lipinski definition) is 3. The highest BCUT2D eigenvalue weighted by Crippen LogP contribution is 2.19. The minimum absolute atomic E-state index is 0.318. The van der Waals surface area contributed by atoms with E-state index in [-0.39, 0.29) is 0 Å². The standard InChI is InChI=1S/C12H19N3S/c1-12(2,3)5-7-15-10-8-14-6-4-9(10)11(13)16/h4,6,8,15H,5,7H2,1-3H3,(H2,13,16). The number of hydrogen-bond donors (Lipinski definition) is 2. The first-order valence-corrected chi connectivity index (χ1v) is 5.79. The van der Waals surface area contributed by atoms with Crippen molar-refractivity contribution in [2.24, 2.45) is 11.1 Å². The van der Waals surface area contributed by atoms with Gasteiger partial charge in [-0.15, -0.1) is 0 Å². The molecule has 88 valence electrons. The summed E-state index contributed by atoms with van der Waals surface area (Å²) in [5.74, 6) is 0. The molecule has 0 unspecified atom stereocenters. The number of pyridine rings is 1. The van der Waals surface area contributed by atoms with E-state index in [2.05, 4.69) is 31.1 Å². The van der Waals surface area contributed by atoms with Crippen molar-refractivity contribution in [3.63, 3.8) is 0 Å². The molecule has 0 saturated carbocycles. The van der Waals surface area contributed by atoms with Gasteiger partial charge < -0.3 is 11.1 Å². The Hall–Kier alpha value is -1.16. The smallest absolute Gasteiger partial charge is 0.106 e. The lowest BCUT2D eigenvalue weighted by atomic mass is 9.92. The van der Waals surface area contributed by atoms with Gasteiger partial charge in [-0.1, -0.05) is 33.0 Å². The van der Waals surface area contributed by atoms with Crippen LogP contribution in [-0.2, 0) is 0 Å². The molecule has 1 heterocycles. The quantitative estimate of drug-likeness (QED) is 0.790. The number of nitrogens with zero attached hydrogens (tertiary/aromatic N) is 1. The third-order valence-corrected chi connectivity index (χ3v) is 2.50. The van der Waals surface area contributed by atoms with Crippen LogP contribution in [0.1, 0.15) is 32.8 Å². The topological polar surface area (TPSA) is 50.9 Å². The van der Waals surface area contributed by atoms with Crippen LogP contribution in [0.5, 0.6) is 0 Å². The van der Waals surface area contributed by atoms with E-state index in [1.807, 2.05) is 6.07 Å². The van der Waals surface area contributed by atoms with Crippen LogP contribution >= 0.6 is 12.2 Å². The van der Waals surface area contributed by atoms with Gasteiger partial charge in [-0.3, -0.25) is 4.98 Å². The molecule has 3 N–H and O–H groups in total. The molecular formula is C12H19N3S. The first-order chi connectivity index (χ1) is 7.40. The molecule has 16 heavy (non-hydrogen) atoms.